The first-order valence-electron chi connectivity index (χ1n) is 3.17. The molecule has 2 nitrogen and oxygen atoms in total. The van der Waals surface area contributed by atoms with E-state index in [1.807, 2.05) is 0 Å². The fourth-order valence-corrected chi connectivity index (χ4v) is 0.733. The monoisotopic (exact) mass is 164 g/mol. The summed E-state index contributed by atoms with van der Waals surface area (Å²) in [5, 5.41) is 0. The topological polar surface area (TPSA) is 24.7 Å². The molecule has 1 atom stereocenters. The number of amidine groups is 1. The van der Waals surface area contributed by atoms with Crippen LogP contribution < -0.4 is 0 Å². The van der Waals surface area contributed by atoms with Gasteiger partial charge in [-0.1, -0.05) is 0 Å². The highest BCUT2D eigenvalue weighted by Crippen LogP contribution is 2.20. The molecular formula is C6H7F3N2. The van der Waals surface area contributed by atoms with E-state index in [2.05, 4.69) is 9.98 Å². The highest BCUT2D eigenvalue weighted by Gasteiger charge is 2.36. The number of hydrogen-bond donors (Lipinski definition) is 0. The first kappa shape index (κ1) is 8.23. The lowest BCUT2D eigenvalue weighted by atomic mass is 10.2. The van der Waals surface area contributed by atoms with Gasteiger partial charge in [0, 0.05) is 12.6 Å². The molecule has 0 N–H and O–H groups in total. The fraction of sp³-hybridized carbons (Fsp3) is 0.667. The molecule has 0 radical (unpaired) electrons. The summed E-state index contributed by atoms with van der Waals surface area (Å²) < 4.78 is 35.6. The average molecular weight is 164 g/mol. The molecule has 0 aromatic heterocycles. The maximum atomic E-state index is 11.9. The van der Waals surface area contributed by atoms with E-state index in [1.54, 1.807) is 6.92 Å². The van der Waals surface area contributed by atoms with Gasteiger partial charge in [0.1, 0.15) is 0 Å². The molecule has 1 heterocycles. The van der Waals surface area contributed by atoms with E-state index in [-0.39, 0.29) is 6.04 Å². The van der Waals surface area contributed by atoms with Crippen molar-refractivity contribution in [2.24, 2.45) is 9.98 Å². The molecule has 0 aromatic carbocycles. The van der Waals surface area contributed by atoms with E-state index in [1.165, 1.54) is 6.21 Å². The second-order valence-electron chi connectivity index (χ2n) is 2.35. The van der Waals surface area contributed by atoms with Crippen LogP contribution in [-0.4, -0.2) is 24.3 Å². The minimum Gasteiger partial charge on any atom is -0.259 e. The van der Waals surface area contributed by atoms with Crippen molar-refractivity contribution in [1.29, 1.82) is 0 Å². The Balaban J connectivity index is 2.80. The third kappa shape index (κ3) is 2.03. The van der Waals surface area contributed by atoms with Gasteiger partial charge in [-0.2, -0.15) is 13.2 Å². The lowest BCUT2D eigenvalue weighted by Gasteiger charge is -2.12. The van der Waals surface area contributed by atoms with Gasteiger partial charge in [-0.3, -0.25) is 4.99 Å². The van der Waals surface area contributed by atoms with Crippen LogP contribution in [0.1, 0.15) is 13.3 Å². The second kappa shape index (κ2) is 2.64. The molecule has 1 unspecified atom stereocenters. The van der Waals surface area contributed by atoms with Gasteiger partial charge in [0.05, 0.1) is 6.04 Å². The van der Waals surface area contributed by atoms with Crippen LogP contribution >= 0.6 is 0 Å². The van der Waals surface area contributed by atoms with Gasteiger partial charge in [0.2, 0.25) is 5.84 Å². The average Bonchev–Trinajstić information content (AvgIpc) is 1.86. The molecule has 0 saturated carbocycles. The summed E-state index contributed by atoms with van der Waals surface area (Å²) in [7, 11) is 0. The summed E-state index contributed by atoms with van der Waals surface area (Å²) in [6.45, 7) is 1.62. The molecule has 0 amide bonds. The maximum Gasteiger partial charge on any atom is 0.451 e. The predicted octanol–water partition coefficient (Wildman–Crippen LogP) is 1.81. The smallest absolute Gasteiger partial charge is 0.259 e. The molecular weight excluding hydrogens is 157 g/mol. The highest BCUT2D eigenvalue weighted by molar-refractivity contribution is 5.95. The van der Waals surface area contributed by atoms with Crippen molar-refractivity contribution in [3.8, 4) is 0 Å². The van der Waals surface area contributed by atoms with E-state index in [9.17, 15) is 13.2 Å². The second-order valence-corrected chi connectivity index (χ2v) is 2.35. The Morgan fingerprint density at radius 3 is 2.55 bits per heavy atom. The largest absolute Gasteiger partial charge is 0.451 e. The Kier molecular flexibility index (Phi) is 1.97. The Morgan fingerprint density at radius 2 is 2.18 bits per heavy atom. The Hall–Kier alpha value is -0.870. The van der Waals surface area contributed by atoms with Crippen LogP contribution in [0.15, 0.2) is 9.98 Å². The fourth-order valence-electron chi connectivity index (χ4n) is 0.733. The van der Waals surface area contributed by atoms with Gasteiger partial charge < -0.3 is 0 Å². The van der Waals surface area contributed by atoms with Crippen molar-refractivity contribution >= 4 is 12.1 Å². The summed E-state index contributed by atoms with van der Waals surface area (Å²) in [6.07, 6.45) is -2.66. The number of hydrogen-bond acceptors (Lipinski definition) is 2. The van der Waals surface area contributed by atoms with Crippen LogP contribution in [0.5, 0.6) is 0 Å². The minimum absolute atomic E-state index is 0.302. The zero-order valence-corrected chi connectivity index (χ0v) is 5.89. The van der Waals surface area contributed by atoms with Crippen LogP contribution in [0.25, 0.3) is 0 Å². The first-order chi connectivity index (χ1) is 5.00. The lowest BCUT2D eigenvalue weighted by molar-refractivity contribution is -0.0601. The molecule has 1 aliphatic rings. The predicted molar refractivity (Wildman–Crippen MR) is 36.1 cm³/mol. The summed E-state index contributed by atoms with van der Waals surface area (Å²) in [5.74, 6) is -1.02. The summed E-state index contributed by atoms with van der Waals surface area (Å²) >= 11 is 0. The van der Waals surface area contributed by atoms with Crippen molar-refractivity contribution in [2.75, 3.05) is 0 Å². The molecule has 5 heteroatoms. The van der Waals surface area contributed by atoms with Crippen LogP contribution in [0.4, 0.5) is 13.2 Å². The number of aliphatic imine (C=N–C) groups is 2. The van der Waals surface area contributed by atoms with E-state index >= 15 is 0 Å². The van der Waals surface area contributed by atoms with Crippen molar-refractivity contribution in [1.82, 2.24) is 0 Å². The summed E-state index contributed by atoms with van der Waals surface area (Å²) in [6, 6.07) is -0.302. The Morgan fingerprint density at radius 1 is 1.55 bits per heavy atom. The van der Waals surface area contributed by atoms with Crippen molar-refractivity contribution < 1.29 is 13.2 Å². The van der Waals surface area contributed by atoms with Gasteiger partial charge in [0.25, 0.3) is 0 Å². The molecule has 0 bridgehead atoms. The lowest BCUT2D eigenvalue weighted by Crippen LogP contribution is -2.25. The van der Waals surface area contributed by atoms with Crippen LogP contribution in [-0.2, 0) is 0 Å². The first-order valence-corrected chi connectivity index (χ1v) is 3.17. The molecule has 0 fully saturated rings. The third-order valence-electron chi connectivity index (χ3n) is 1.26. The molecule has 0 spiro atoms. The molecule has 0 aliphatic carbocycles. The maximum absolute atomic E-state index is 11.9. The van der Waals surface area contributed by atoms with E-state index < -0.39 is 12.0 Å². The van der Waals surface area contributed by atoms with E-state index in [0.29, 0.717) is 6.42 Å². The summed E-state index contributed by atoms with van der Waals surface area (Å²) in [4.78, 5) is 6.50. The molecule has 11 heavy (non-hydrogen) atoms. The molecule has 0 saturated heterocycles. The van der Waals surface area contributed by atoms with Gasteiger partial charge in [-0.15, -0.1) is 0 Å². The van der Waals surface area contributed by atoms with Crippen molar-refractivity contribution in [3.05, 3.63) is 0 Å². The zero-order chi connectivity index (χ0) is 8.48. The quantitative estimate of drug-likeness (QED) is 0.521. The number of halogens is 3. The van der Waals surface area contributed by atoms with Crippen LogP contribution in [0.3, 0.4) is 0 Å². The van der Waals surface area contributed by atoms with E-state index in [4.69, 9.17) is 0 Å². The van der Waals surface area contributed by atoms with Crippen molar-refractivity contribution in [3.63, 3.8) is 0 Å². The Bertz CT molecular complexity index is 204. The Labute approximate surface area is 61.8 Å². The third-order valence-corrected chi connectivity index (χ3v) is 1.26. The SMILES string of the molecule is CC1CC=NC(C(F)(F)F)=N1. The highest BCUT2D eigenvalue weighted by atomic mass is 19.4. The number of alkyl halides is 3. The molecule has 1 aliphatic heterocycles. The van der Waals surface area contributed by atoms with Gasteiger partial charge in [-0.25, -0.2) is 4.99 Å². The molecule has 0 aromatic rings. The molecule has 1 rings (SSSR count). The van der Waals surface area contributed by atoms with Gasteiger partial charge in [-0.05, 0) is 6.92 Å². The molecule has 62 valence electrons. The summed E-state index contributed by atoms with van der Waals surface area (Å²) in [5.41, 5.74) is 0. The number of rotatable bonds is 0. The zero-order valence-electron chi connectivity index (χ0n) is 5.89. The van der Waals surface area contributed by atoms with Crippen molar-refractivity contribution in [2.45, 2.75) is 25.6 Å². The van der Waals surface area contributed by atoms with Crippen LogP contribution in [0, 0.1) is 0 Å². The number of nitrogens with zero attached hydrogens (tertiary/aromatic N) is 2. The standard InChI is InChI=1S/C6H7F3N2/c1-4-2-3-10-5(11-4)6(7,8)9/h3-4H,2H2,1H3. The minimum atomic E-state index is -4.40. The van der Waals surface area contributed by atoms with Gasteiger partial charge in [0.15, 0.2) is 0 Å². The normalized spacial score (nSPS) is 25.1. The van der Waals surface area contributed by atoms with Crippen LogP contribution in [0.2, 0.25) is 0 Å². The van der Waals surface area contributed by atoms with Gasteiger partial charge >= 0.3 is 6.18 Å². The van der Waals surface area contributed by atoms with E-state index in [0.717, 1.165) is 0 Å².